The van der Waals surface area contributed by atoms with E-state index in [0.29, 0.717) is 13.0 Å². The number of carbonyl (C=O) groups is 1. The van der Waals surface area contributed by atoms with E-state index in [0.717, 1.165) is 44.0 Å². The molecule has 0 saturated carbocycles. The van der Waals surface area contributed by atoms with Crippen molar-refractivity contribution in [2.45, 2.75) is 19.9 Å². The summed E-state index contributed by atoms with van der Waals surface area (Å²) in [5.41, 5.74) is 3.71. The smallest absolute Gasteiger partial charge is 0.151 e. The molecule has 0 bridgehead atoms. The van der Waals surface area contributed by atoms with E-state index >= 15 is 0 Å². The monoisotopic (exact) mass is 352 g/mol. The Morgan fingerprint density at radius 2 is 1.46 bits per heavy atom. The van der Waals surface area contributed by atoms with Crippen LogP contribution in [0.3, 0.4) is 0 Å². The van der Waals surface area contributed by atoms with Crippen LogP contribution >= 0.6 is 0 Å². The zero-order valence-corrected chi connectivity index (χ0v) is 15.8. The predicted molar refractivity (Wildman–Crippen MR) is 105 cm³/mol. The van der Waals surface area contributed by atoms with Crippen molar-refractivity contribution in [1.82, 2.24) is 9.80 Å². The van der Waals surface area contributed by atoms with E-state index in [1.54, 1.807) is 7.11 Å². The first-order valence-corrected chi connectivity index (χ1v) is 9.27. The van der Waals surface area contributed by atoms with Crippen molar-refractivity contribution < 1.29 is 9.53 Å². The van der Waals surface area contributed by atoms with Crippen LogP contribution in [0.5, 0.6) is 5.75 Å². The van der Waals surface area contributed by atoms with Crippen LogP contribution < -0.4 is 4.74 Å². The fourth-order valence-corrected chi connectivity index (χ4v) is 3.33. The van der Waals surface area contributed by atoms with Gasteiger partial charge in [-0.3, -0.25) is 14.6 Å². The second-order valence-electron chi connectivity index (χ2n) is 7.10. The molecule has 0 spiro atoms. The Kier molecular flexibility index (Phi) is 6.42. The van der Waals surface area contributed by atoms with Crippen LogP contribution in [-0.2, 0) is 17.8 Å². The number of carbonyl (C=O) groups excluding carboxylic acids is 1. The Balaban J connectivity index is 1.41. The number of Topliss-reactive ketones (excluding diaryl/α,β-unsaturated/α-hetero) is 1. The second kappa shape index (κ2) is 8.97. The number of ketones is 1. The SMILES string of the molecule is COc1ccc(CC(=O)CN2CCN(Cc3ccc(C)cc3)CC2)cc1. The molecule has 1 heterocycles. The normalized spacial score (nSPS) is 15.8. The third kappa shape index (κ3) is 5.41. The molecule has 3 rings (SSSR count). The maximum Gasteiger partial charge on any atom is 0.151 e. The van der Waals surface area contributed by atoms with Gasteiger partial charge in [0, 0.05) is 39.1 Å². The highest BCUT2D eigenvalue weighted by Gasteiger charge is 2.19. The second-order valence-corrected chi connectivity index (χ2v) is 7.10. The standard InChI is InChI=1S/C22H28N2O2/c1-18-3-5-20(6-4-18)16-23-11-13-24(14-12-23)17-21(25)15-19-7-9-22(26-2)10-8-19/h3-10H,11-17H2,1-2H3. The molecule has 1 aliphatic heterocycles. The Morgan fingerprint density at radius 3 is 2.08 bits per heavy atom. The molecule has 2 aromatic rings. The number of ether oxygens (including phenoxy) is 1. The van der Waals surface area contributed by atoms with Crippen molar-refractivity contribution in [2.75, 3.05) is 39.8 Å². The molecule has 0 radical (unpaired) electrons. The van der Waals surface area contributed by atoms with E-state index in [4.69, 9.17) is 4.74 Å². The lowest BCUT2D eigenvalue weighted by atomic mass is 10.1. The zero-order chi connectivity index (χ0) is 18.4. The molecule has 0 unspecified atom stereocenters. The first-order valence-electron chi connectivity index (χ1n) is 9.27. The lowest BCUT2D eigenvalue weighted by Crippen LogP contribution is -2.47. The average Bonchev–Trinajstić information content (AvgIpc) is 2.66. The predicted octanol–water partition coefficient (Wildman–Crippen LogP) is 2.93. The molecular formula is C22H28N2O2. The van der Waals surface area contributed by atoms with Gasteiger partial charge in [-0.1, -0.05) is 42.0 Å². The van der Waals surface area contributed by atoms with Gasteiger partial charge in [-0.15, -0.1) is 0 Å². The molecule has 0 amide bonds. The van der Waals surface area contributed by atoms with Gasteiger partial charge in [0.15, 0.2) is 5.78 Å². The zero-order valence-electron chi connectivity index (χ0n) is 15.8. The van der Waals surface area contributed by atoms with Gasteiger partial charge in [0.1, 0.15) is 5.75 Å². The average molecular weight is 352 g/mol. The molecule has 1 fully saturated rings. The number of benzene rings is 2. The van der Waals surface area contributed by atoms with Gasteiger partial charge < -0.3 is 4.74 Å². The van der Waals surface area contributed by atoms with Gasteiger partial charge in [0.05, 0.1) is 13.7 Å². The number of hydrogen-bond donors (Lipinski definition) is 0. The summed E-state index contributed by atoms with van der Waals surface area (Å²) in [5, 5.41) is 0. The van der Waals surface area contributed by atoms with Gasteiger partial charge in [-0.25, -0.2) is 0 Å². The highest BCUT2D eigenvalue weighted by atomic mass is 16.5. The summed E-state index contributed by atoms with van der Waals surface area (Å²) in [5.74, 6) is 1.10. The summed E-state index contributed by atoms with van der Waals surface area (Å²) in [6.07, 6.45) is 0.494. The van der Waals surface area contributed by atoms with Crippen molar-refractivity contribution in [3.8, 4) is 5.75 Å². The third-order valence-electron chi connectivity index (χ3n) is 4.95. The summed E-state index contributed by atoms with van der Waals surface area (Å²) in [4.78, 5) is 17.1. The quantitative estimate of drug-likeness (QED) is 0.767. The van der Waals surface area contributed by atoms with Gasteiger partial charge in [-0.05, 0) is 30.2 Å². The fraction of sp³-hybridized carbons (Fsp3) is 0.409. The first-order chi connectivity index (χ1) is 12.6. The molecule has 26 heavy (non-hydrogen) atoms. The van der Waals surface area contributed by atoms with E-state index in [1.165, 1.54) is 11.1 Å². The Morgan fingerprint density at radius 1 is 0.885 bits per heavy atom. The molecule has 0 atom stereocenters. The van der Waals surface area contributed by atoms with Gasteiger partial charge in [0.25, 0.3) is 0 Å². The van der Waals surface area contributed by atoms with Crippen molar-refractivity contribution in [3.05, 3.63) is 65.2 Å². The van der Waals surface area contributed by atoms with Gasteiger partial charge in [-0.2, -0.15) is 0 Å². The molecular weight excluding hydrogens is 324 g/mol. The van der Waals surface area contributed by atoms with Crippen LogP contribution in [0.2, 0.25) is 0 Å². The number of rotatable bonds is 7. The largest absolute Gasteiger partial charge is 0.497 e. The lowest BCUT2D eigenvalue weighted by Gasteiger charge is -2.34. The van der Waals surface area contributed by atoms with E-state index in [1.807, 2.05) is 24.3 Å². The molecule has 0 N–H and O–H groups in total. The van der Waals surface area contributed by atoms with Gasteiger partial charge in [0.2, 0.25) is 0 Å². The maximum atomic E-state index is 12.4. The van der Waals surface area contributed by atoms with Crippen LogP contribution in [0.25, 0.3) is 0 Å². The molecule has 138 valence electrons. The molecule has 4 heteroatoms. The summed E-state index contributed by atoms with van der Waals surface area (Å²) in [6.45, 7) is 7.61. The highest BCUT2D eigenvalue weighted by molar-refractivity contribution is 5.82. The van der Waals surface area contributed by atoms with Crippen molar-refractivity contribution >= 4 is 5.78 Å². The minimum Gasteiger partial charge on any atom is -0.497 e. The maximum absolute atomic E-state index is 12.4. The Labute approximate surface area is 156 Å². The van der Waals surface area contributed by atoms with Crippen LogP contribution in [0.15, 0.2) is 48.5 Å². The molecule has 2 aromatic carbocycles. The number of piperazine rings is 1. The lowest BCUT2D eigenvalue weighted by molar-refractivity contribution is -0.120. The van der Waals surface area contributed by atoms with Crippen molar-refractivity contribution in [1.29, 1.82) is 0 Å². The van der Waals surface area contributed by atoms with Crippen LogP contribution in [0.4, 0.5) is 0 Å². The number of hydrogen-bond acceptors (Lipinski definition) is 4. The number of nitrogens with zero attached hydrogens (tertiary/aromatic N) is 2. The van der Waals surface area contributed by atoms with Crippen molar-refractivity contribution in [3.63, 3.8) is 0 Å². The molecule has 0 aliphatic carbocycles. The summed E-state index contributed by atoms with van der Waals surface area (Å²) >= 11 is 0. The van der Waals surface area contributed by atoms with E-state index in [2.05, 4.69) is 41.0 Å². The fourth-order valence-electron chi connectivity index (χ4n) is 3.33. The van der Waals surface area contributed by atoms with Crippen LogP contribution in [-0.4, -0.2) is 55.4 Å². The first kappa shape index (κ1) is 18.6. The van der Waals surface area contributed by atoms with Crippen LogP contribution in [0, 0.1) is 6.92 Å². The minimum absolute atomic E-state index is 0.280. The molecule has 0 aromatic heterocycles. The highest BCUT2D eigenvalue weighted by Crippen LogP contribution is 2.13. The van der Waals surface area contributed by atoms with Crippen molar-refractivity contribution in [2.24, 2.45) is 0 Å². The topological polar surface area (TPSA) is 32.8 Å². The third-order valence-corrected chi connectivity index (χ3v) is 4.95. The Hall–Kier alpha value is -2.17. The van der Waals surface area contributed by atoms with E-state index in [9.17, 15) is 4.79 Å². The summed E-state index contributed by atoms with van der Waals surface area (Å²) in [6, 6.07) is 16.5. The van der Waals surface area contributed by atoms with E-state index < -0.39 is 0 Å². The van der Waals surface area contributed by atoms with Gasteiger partial charge >= 0.3 is 0 Å². The molecule has 1 saturated heterocycles. The minimum atomic E-state index is 0.280. The molecule has 4 nitrogen and oxygen atoms in total. The Bertz CT molecular complexity index is 702. The molecule has 1 aliphatic rings. The number of aryl methyl sites for hydroxylation is 1. The van der Waals surface area contributed by atoms with E-state index in [-0.39, 0.29) is 5.78 Å². The summed E-state index contributed by atoms with van der Waals surface area (Å²) < 4.78 is 5.16. The van der Waals surface area contributed by atoms with Crippen LogP contribution in [0.1, 0.15) is 16.7 Å². The number of methoxy groups -OCH3 is 1. The summed E-state index contributed by atoms with van der Waals surface area (Å²) in [7, 11) is 1.65.